The third kappa shape index (κ3) is 12.5. The zero-order valence-corrected chi connectivity index (χ0v) is 15.0. The molecule has 22 heavy (non-hydrogen) atoms. The van der Waals surface area contributed by atoms with Gasteiger partial charge in [0, 0.05) is 26.6 Å². The fourth-order valence-electron chi connectivity index (χ4n) is 2.02. The predicted molar refractivity (Wildman–Crippen MR) is 89.9 cm³/mol. The normalized spacial score (nSPS) is 11.1. The number of ether oxygens (including phenoxy) is 1. The minimum Gasteiger partial charge on any atom is -0.444 e. The van der Waals surface area contributed by atoms with Crippen molar-refractivity contribution in [2.24, 2.45) is 0 Å². The van der Waals surface area contributed by atoms with Crippen LogP contribution in [0.15, 0.2) is 0 Å². The highest BCUT2D eigenvalue weighted by Gasteiger charge is 2.15. The first kappa shape index (κ1) is 20.7. The molecule has 0 aliphatic rings. The van der Waals surface area contributed by atoms with E-state index in [0.717, 1.165) is 19.3 Å². The molecule has 0 spiro atoms. The number of alkyl carbamates (subject to hydrolysis) is 1. The number of nitrogens with zero attached hydrogens (tertiary/aromatic N) is 1. The van der Waals surface area contributed by atoms with Crippen LogP contribution in [0, 0.1) is 0 Å². The molecule has 1 N–H and O–H groups in total. The summed E-state index contributed by atoms with van der Waals surface area (Å²) in [6, 6.07) is 0. The molecule has 0 unspecified atom stereocenters. The van der Waals surface area contributed by atoms with E-state index in [9.17, 15) is 9.59 Å². The molecular formula is C17H34N2O3. The first-order chi connectivity index (χ1) is 10.3. The van der Waals surface area contributed by atoms with Crippen LogP contribution in [0.2, 0.25) is 0 Å². The molecule has 0 aromatic carbocycles. The predicted octanol–water partition coefficient (Wildman–Crippen LogP) is 3.72. The Labute approximate surface area is 135 Å². The summed E-state index contributed by atoms with van der Waals surface area (Å²) >= 11 is 0. The number of unbranched alkanes of at least 4 members (excludes halogenated alkanes) is 4. The van der Waals surface area contributed by atoms with E-state index in [0.29, 0.717) is 19.5 Å². The average Bonchev–Trinajstić information content (AvgIpc) is 2.41. The van der Waals surface area contributed by atoms with Crippen LogP contribution in [0.25, 0.3) is 0 Å². The lowest BCUT2D eigenvalue weighted by Crippen LogP contribution is -2.35. The Balaban J connectivity index is 3.65. The van der Waals surface area contributed by atoms with Crippen LogP contribution in [0.4, 0.5) is 4.79 Å². The molecular weight excluding hydrogens is 280 g/mol. The molecule has 2 amide bonds. The smallest absolute Gasteiger partial charge is 0.407 e. The molecule has 5 nitrogen and oxygen atoms in total. The quantitative estimate of drug-likeness (QED) is 0.625. The Kier molecular flexibility index (Phi) is 10.7. The molecule has 5 heteroatoms. The summed E-state index contributed by atoms with van der Waals surface area (Å²) in [5, 5.41) is 2.70. The van der Waals surface area contributed by atoms with Crippen molar-refractivity contribution in [2.75, 3.05) is 20.1 Å². The maximum Gasteiger partial charge on any atom is 0.407 e. The Bertz CT molecular complexity index is 324. The lowest BCUT2D eigenvalue weighted by Gasteiger charge is -2.20. The molecule has 0 saturated heterocycles. The van der Waals surface area contributed by atoms with Gasteiger partial charge >= 0.3 is 6.09 Å². The van der Waals surface area contributed by atoms with Crippen LogP contribution in [-0.4, -0.2) is 42.6 Å². The standard InChI is InChI=1S/C17H34N2O3/c1-6-7-8-9-10-12-15(20)19(5)14-11-13-18-16(21)22-17(2,3)4/h6-14H2,1-5H3,(H,18,21). The van der Waals surface area contributed by atoms with Gasteiger partial charge in [-0.25, -0.2) is 4.79 Å². The molecule has 0 aliphatic carbocycles. The minimum absolute atomic E-state index is 0.189. The maximum atomic E-state index is 11.9. The van der Waals surface area contributed by atoms with E-state index in [1.165, 1.54) is 19.3 Å². The largest absolute Gasteiger partial charge is 0.444 e. The molecule has 0 aromatic rings. The second-order valence-corrected chi connectivity index (χ2v) is 6.76. The molecule has 0 atom stereocenters. The Morgan fingerprint density at radius 3 is 2.27 bits per heavy atom. The second kappa shape index (κ2) is 11.3. The van der Waals surface area contributed by atoms with Gasteiger partial charge in [0.2, 0.25) is 5.91 Å². The van der Waals surface area contributed by atoms with Crippen LogP contribution in [0.1, 0.15) is 72.6 Å². The van der Waals surface area contributed by atoms with E-state index >= 15 is 0 Å². The van der Waals surface area contributed by atoms with Gasteiger partial charge in [0.15, 0.2) is 0 Å². The second-order valence-electron chi connectivity index (χ2n) is 6.76. The van der Waals surface area contributed by atoms with E-state index in [2.05, 4.69) is 12.2 Å². The number of carbonyl (C=O) groups is 2. The third-order valence-electron chi connectivity index (χ3n) is 3.26. The highest BCUT2D eigenvalue weighted by molar-refractivity contribution is 5.75. The Hall–Kier alpha value is -1.26. The first-order valence-corrected chi connectivity index (χ1v) is 8.47. The Morgan fingerprint density at radius 2 is 1.68 bits per heavy atom. The number of amides is 2. The summed E-state index contributed by atoms with van der Waals surface area (Å²) in [5.74, 6) is 0.189. The fraction of sp³-hybridized carbons (Fsp3) is 0.882. The van der Waals surface area contributed by atoms with Gasteiger partial charge in [-0.2, -0.15) is 0 Å². The van der Waals surface area contributed by atoms with Crippen molar-refractivity contribution in [1.29, 1.82) is 0 Å². The van der Waals surface area contributed by atoms with Crippen LogP contribution in [-0.2, 0) is 9.53 Å². The molecule has 0 radical (unpaired) electrons. The number of rotatable bonds is 10. The van der Waals surface area contributed by atoms with Gasteiger partial charge in [-0.3, -0.25) is 4.79 Å². The van der Waals surface area contributed by atoms with Gasteiger partial charge < -0.3 is 15.0 Å². The van der Waals surface area contributed by atoms with Crippen LogP contribution in [0.3, 0.4) is 0 Å². The molecule has 0 saturated carbocycles. The zero-order chi connectivity index (χ0) is 17.0. The average molecular weight is 314 g/mol. The van der Waals surface area contributed by atoms with E-state index in [4.69, 9.17) is 4.74 Å². The highest BCUT2D eigenvalue weighted by Crippen LogP contribution is 2.07. The number of carbonyl (C=O) groups excluding carboxylic acids is 2. The monoisotopic (exact) mass is 314 g/mol. The summed E-state index contributed by atoms with van der Waals surface area (Å²) in [4.78, 5) is 25.1. The summed E-state index contributed by atoms with van der Waals surface area (Å²) in [6.45, 7) is 8.86. The van der Waals surface area contributed by atoms with Crippen molar-refractivity contribution in [1.82, 2.24) is 10.2 Å². The van der Waals surface area contributed by atoms with E-state index < -0.39 is 11.7 Å². The topological polar surface area (TPSA) is 58.6 Å². The van der Waals surface area contributed by atoms with Crippen molar-refractivity contribution in [2.45, 2.75) is 78.2 Å². The van der Waals surface area contributed by atoms with Crippen molar-refractivity contribution in [3.05, 3.63) is 0 Å². The molecule has 0 fully saturated rings. The SMILES string of the molecule is CCCCCCCC(=O)N(C)CCCNC(=O)OC(C)(C)C. The van der Waals surface area contributed by atoms with Gasteiger partial charge in [0.25, 0.3) is 0 Å². The highest BCUT2D eigenvalue weighted by atomic mass is 16.6. The van der Waals surface area contributed by atoms with Crippen LogP contribution < -0.4 is 5.32 Å². The van der Waals surface area contributed by atoms with E-state index in [1.54, 1.807) is 4.90 Å². The number of nitrogens with one attached hydrogen (secondary N) is 1. The minimum atomic E-state index is -0.478. The van der Waals surface area contributed by atoms with E-state index in [1.807, 2.05) is 27.8 Å². The van der Waals surface area contributed by atoms with Gasteiger partial charge in [-0.15, -0.1) is 0 Å². The molecule has 0 bridgehead atoms. The molecule has 0 aliphatic heterocycles. The number of hydrogen-bond donors (Lipinski definition) is 1. The zero-order valence-electron chi connectivity index (χ0n) is 15.0. The number of hydrogen-bond acceptors (Lipinski definition) is 3. The van der Waals surface area contributed by atoms with Crippen molar-refractivity contribution in [3.8, 4) is 0 Å². The summed E-state index contributed by atoms with van der Waals surface area (Å²) in [5.41, 5.74) is -0.478. The molecule has 0 heterocycles. The third-order valence-corrected chi connectivity index (χ3v) is 3.26. The summed E-state index contributed by atoms with van der Waals surface area (Å²) in [7, 11) is 1.82. The Morgan fingerprint density at radius 1 is 1.05 bits per heavy atom. The maximum absolute atomic E-state index is 11.9. The first-order valence-electron chi connectivity index (χ1n) is 8.47. The molecule has 130 valence electrons. The lowest BCUT2D eigenvalue weighted by atomic mass is 10.1. The van der Waals surface area contributed by atoms with Crippen molar-refractivity contribution < 1.29 is 14.3 Å². The molecule has 0 aromatic heterocycles. The van der Waals surface area contributed by atoms with Crippen molar-refractivity contribution >= 4 is 12.0 Å². The lowest BCUT2D eigenvalue weighted by molar-refractivity contribution is -0.130. The summed E-state index contributed by atoms with van der Waals surface area (Å²) < 4.78 is 5.15. The fourth-order valence-corrected chi connectivity index (χ4v) is 2.02. The molecule has 0 rings (SSSR count). The van der Waals surface area contributed by atoms with Crippen LogP contribution >= 0.6 is 0 Å². The van der Waals surface area contributed by atoms with Gasteiger partial charge in [0.1, 0.15) is 5.60 Å². The van der Waals surface area contributed by atoms with Crippen LogP contribution in [0.5, 0.6) is 0 Å². The van der Waals surface area contributed by atoms with Gasteiger partial charge in [-0.1, -0.05) is 32.6 Å². The van der Waals surface area contributed by atoms with Gasteiger partial charge in [0.05, 0.1) is 0 Å². The van der Waals surface area contributed by atoms with E-state index in [-0.39, 0.29) is 5.91 Å². The summed E-state index contributed by atoms with van der Waals surface area (Å²) in [6.07, 6.45) is 6.74. The van der Waals surface area contributed by atoms with Gasteiger partial charge in [-0.05, 0) is 33.6 Å². The van der Waals surface area contributed by atoms with Crippen molar-refractivity contribution in [3.63, 3.8) is 0 Å².